The van der Waals surface area contributed by atoms with Crippen molar-refractivity contribution >= 4 is 17.5 Å². The molecule has 4 nitrogen and oxygen atoms in total. The lowest BCUT2D eigenvalue weighted by Gasteiger charge is -2.26. The van der Waals surface area contributed by atoms with Gasteiger partial charge in [0.05, 0.1) is 0 Å². The number of hydrogen-bond acceptors (Lipinski definition) is 2. The number of carbonyl (C=O) groups is 1. The second-order valence-corrected chi connectivity index (χ2v) is 11.2. The molecule has 0 bridgehead atoms. The summed E-state index contributed by atoms with van der Waals surface area (Å²) in [6.45, 7) is 9.78. The fourth-order valence-electron chi connectivity index (χ4n) is 4.56. The van der Waals surface area contributed by atoms with Crippen LogP contribution in [0.2, 0.25) is 5.02 Å². The van der Waals surface area contributed by atoms with E-state index < -0.39 is 5.60 Å². The number of nitrogens with zero attached hydrogens (tertiary/aromatic N) is 1. The first kappa shape index (κ1) is 30.3. The van der Waals surface area contributed by atoms with Gasteiger partial charge in [0.25, 0.3) is 5.91 Å². The van der Waals surface area contributed by atoms with Crippen molar-refractivity contribution in [1.29, 1.82) is 0 Å². The van der Waals surface area contributed by atoms with Crippen molar-refractivity contribution in [2.45, 2.75) is 130 Å². The van der Waals surface area contributed by atoms with E-state index in [2.05, 4.69) is 12.3 Å². The molecule has 0 saturated carbocycles. The smallest absolute Gasteiger partial charge is 0.282 e. The van der Waals surface area contributed by atoms with Gasteiger partial charge in [0, 0.05) is 16.4 Å². The lowest BCUT2D eigenvalue weighted by atomic mass is 10.0. The van der Waals surface area contributed by atoms with Crippen LogP contribution in [-0.4, -0.2) is 16.2 Å². The summed E-state index contributed by atoms with van der Waals surface area (Å²) >= 11 is 6.47. The molecule has 1 aromatic heterocycles. The number of hydrogen-bond donors (Lipinski definition) is 1. The molecule has 1 amide bonds. The zero-order chi connectivity index (χ0) is 26.4. The van der Waals surface area contributed by atoms with E-state index in [1.54, 1.807) is 18.5 Å². The summed E-state index contributed by atoms with van der Waals surface area (Å²) in [5.41, 5.74) is 4.97. The number of carbonyl (C=O) groups excluding carboxylic acids is 1. The van der Waals surface area contributed by atoms with Crippen LogP contribution in [0.1, 0.15) is 121 Å². The SMILES string of the molecule is CCCCCCCCCCCCCCCc1cc(OC(C)(C)C(=O)Nn2c(C)ccc2C)ccc1Cl. The minimum atomic E-state index is -1.02. The van der Waals surface area contributed by atoms with Gasteiger partial charge in [0.15, 0.2) is 5.60 Å². The van der Waals surface area contributed by atoms with Gasteiger partial charge in [-0.2, -0.15) is 0 Å². The topological polar surface area (TPSA) is 43.3 Å². The molecule has 0 aliphatic carbocycles. The zero-order valence-electron chi connectivity index (χ0n) is 23.4. The molecule has 1 N–H and O–H groups in total. The van der Waals surface area contributed by atoms with Gasteiger partial charge in [-0.05, 0) is 76.4 Å². The van der Waals surface area contributed by atoms with Gasteiger partial charge in [-0.3, -0.25) is 14.9 Å². The maximum Gasteiger partial charge on any atom is 0.282 e. The fourth-order valence-corrected chi connectivity index (χ4v) is 4.77. The van der Waals surface area contributed by atoms with Crippen molar-refractivity contribution in [1.82, 2.24) is 4.68 Å². The number of aryl methyl sites for hydroxylation is 3. The monoisotopic (exact) mass is 516 g/mol. The average molecular weight is 517 g/mol. The Balaban J connectivity index is 1.69. The normalized spacial score (nSPS) is 11.6. The van der Waals surface area contributed by atoms with Crippen LogP contribution in [0.5, 0.6) is 5.75 Å². The number of ether oxygens (including phenoxy) is 1. The number of halogens is 1. The minimum absolute atomic E-state index is 0.196. The Bertz CT molecular complexity index is 900. The average Bonchev–Trinajstić information content (AvgIpc) is 3.15. The van der Waals surface area contributed by atoms with Crippen LogP contribution in [0.3, 0.4) is 0 Å². The molecule has 0 unspecified atom stereocenters. The Labute approximate surface area is 225 Å². The fraction of sp³-hybridized carbons (Fsp3) is 0.645. The molecule has 0 aliphatic heterocycles. The molecule has 0 aliphatic rings. The number of nitrogens with one attached hydrogen (secondary N) is 1. The maximum atomic E-state index is 12.9. The molecule has 0 fully saturated rings. The number of benzene rings is 1. The Hall–Kier alpha value is -1.94. The van der Waals surface area contributed by atoms with Gasteiger partial charge in [0.1, 0.15) is 5.75 Å². The Kier molecular flexibility index (Phi) is 13.5. The van der Waals surface area contributed by atoms with E-state index in [-0.39, 0.29) is 5.91 Å². The van der Waals surface area contributed by atoms with Crippen LogP contribution in [0, 0.1) is 13.8 Å². The van der Waals surface area contributed by atoms with E-state index in [4.69, 9.17) is 16.3 Å². The van der Waals surface area contributed by atoms with Crippen LogP contribution in [-0.2, 0) is 11.2 Å². The molecule has 0 saturated heterocycles. The van der Waals surface area contributed by atoms with E-state index in [9.17, 15) is 4.79 Å². The minimum Gasteiger partial charge on any atom is -0.478 e. The Morgan fingerprint density at radius 3 is 1.86 bits per heavy atom. The van der Waals surface area contributed by atoms with E-state index in [0.717, 1.165) is 34.8 Å². The second-order valence-electron chi connectivity index (χ2n) is 10.8. The third-order valence-electron chi connectivity index (χ3n) is 6.97. The molecule has 2 aromatic rings. The molecule has 2 rings (SSSR count). The lowest BCUT2D eigenvalue weighted by Crippen LogP contribution is -2.45. The highest BCUT2D eigenvalue weighted by Gasteiger charge is 2.31. The van der Waals surface area contributed by atoms with Crippen molar-refractivity contribution in [3.8, 4) is 5.75 Å². The van der Waals surface area contributed by atoms with E-state index >= 15 is 0 Å². The predicted octanol–water partition coefficient (Wildman–Crippen LogP) is 9.32. The summed E-state index contributed by atoms with van der Waals surface area (Å²) in [5.74, 6) is 0.475. The maximum absolute atomic E-state index is 12.9. The molecular weight excluding hydrogens is 468 g/mol. The van der Waals surface area contributed by atoms with Crippen molar-refractivity contribution in [2.24, 2.45) is 0 Å². The summed E-state index contributed by atoms with van der Waals surface area (Å²) in [6.07, 6.45) is 18.4. The molecule has 202 valence electrons. The summed E-state index contributed by atoms with van der Waals surface area (Å²) in [5, 5.41) is 0.766. The summed E-state index contributed by atoms with van der Waals surface area (Å²) in [7, 11) is 0. The Morgan fingerprint density at radius 2 is 1.33 bits per heavy atom. The lowest BCUT2D eigenvalue weighted by molar-refractivity contribution is -0.129. The number of amides is 1. The summed E-state index contributed by atoms with van der Waals surface area (Å²) < 4.78 is 7.91. The van der Waals surface area contributed by atoms with Crippen molar-refractivity contribution in [3.63, 3.8) is 0 Å². The molecule has 1 aromatic carbocycles. The van der Waals surface area contributed by atoms with Crippen LogP contribution >= 0.6 is 11.6 Å². The van der Waals surface area contributed by atoms with E-state index in [1.807, 2.05) is 44.2 Å². The summed E-state index contributed by atoms with van der Waals surface area (Å²) in [4.78, 5) is 12.9. The van der Waals surface area contributed by atoms with Gasteiger partial charge < -0.3 is 4.74 Å². The highest BCUT2D eigenvalue weighted by Crippen LogP contribution is 2.27. The highest BCUT2D eigenvalue weighted by atomic mass is 35.5. The molecule has 0 atom stereocenters. The van der Waals surface area contributed by atoms with E-state index in [0.29, 0.717) is 5.75 Å². The molecule has 0 radical (unpaired) electrons. The number of aromatic nitrogens is 1. The largest absolute Gasteiger partial charge is 0.478 e. The van der Waals surface area contributed by atoms with Gasteiger partial charge in [0.2, 0.25) is 0 Å². The number of unbranched alkanes of at least 4 members (excludes halogenated alkanes) is 12. The van der Waals surface area contributed by atoms with Gasteiger partial charge in [-0.1, -0.05) is 95.6 Å². The van der Waals surface area contributed by atoms with Crippen molar-refractivity contribution in [2.75, 3.05) is 5.43 Å². The molecule has 1 heterocycles. The predicted molar refractivity (Wildman–Crippen MR) is 154 cm³/mol. The van der Waals surface area contributed by atoms with Gasteiger partial charge in [-0.25, -0.2) is 0 Å². The van der Waals surface area contributed by atoms with Gasteiger partial charge >= 0.3 is 0 Å². The third-order valence-corrected chi connectivity index (χ3v) is 7.34. The van der Waals surface area contributed by atoms with Crippen molar-refractivity contribution < 1.29 is 9.53 Å². The van der Waals surface area contributed by atoms with Crippen LogP contribution in [0.25, 0.3) is 0 Å². The first-order valence-corrected chi connectivity index (χ1v) is 14.6. The van der Waals surface area contributed by atoms with Crippen LogP contribution in [0.4, 0.5) is 0 Å². The third kappa shape index (κ3) is 10.6. The Morgan fingerprint density at radius 1 is 0.833 bits per heavy atom. The highest BCUT2D eigenvalue weighted by molar-refractivity contribution is 6.31. The zero-order valence-corrected chi connectivity index (χ0v) is 24.2. The molecule has 36 heavy (non-hydrogen) atoms. The summed E-state index contributed by atoms with van der Waals surface area (Å²) in [6, 6.07) is 9.67. The van der Waals surface area contributed by atoms with Crippen molar-refractivity contribution in [3.05, 3.63) is 52.3 Å². The van der Waals surface area contributed by atoms with Crippen LogP contribution in [0.15, 0.2) is 30.3 Å². The van der Waals surface area contributed by atoms with Gasteiger partial charge in [-0.15, -0.1) is 0 Å². The first-order valence-electron chi connectivity index (χ1n) is 14.2. The second kappa shape index (κ2) is 16.0. The molecule has 0 spiro atoms. The number of rotatable bonds is 18. The van der Waals surface area contributed by atoms with Crippen LogP contribution < -0.4 is 10.2 Å². The molecular formula is C31H49ClN2O2. The first-order chi connectivity index (χ1) is 17.2. The standard InChI is InChI=1S/C31H49ClN2O2/c1-6-7-8-9-10-11-12-13-14-15-16-17-18-19-27-24-28(22-23-29(27)32)36-31(4,5)30(35)33-34-25(2)20-21-26(34)3/h20-24H,6-19H2,1-5H3,(H,33,35). The van der Waals surface area contributed by atoms with E-state index in [1.165, 1.54) is 77.0 Å². The molecule has 5 heteroatoms. The quantitative estimate of drug-likeness (QED) is 0.200.